The van der Waals surface area contributed by atoms with Gasteiger partial charge in [0.15, 0.2) is 0 Å². The lowest BCUT2D eigenvalue weighted by atomic mass is 9.65. The van der Waals surface area contributed by atoms with Crippen LogP contribution in [-0.4, -0.2) is 16.9 Å². The first kappa shape index (κ1) is 7.57. The van der Waals surface area contributed by atoms with Crippen molar-refractivity contribution in [1.82, 2.24) is 4.98 Å². The van der Waals surface area contributed by atoms with Gasteiger partial charge in [0, 0.05) is 6.20 Å². The van der Waals surface area contributed by atoms with Crippen LogP contribution in [0.2, 0.25) is 12.0 Å². The van der Waals surface area contributed by atoms with Crippen molar-refractivity contribution >= 4 is 24.0 Å². The molecule has 0 aromatic carbocycles. The molecular weight excluding hydrogens is 148 g/mol. The summed E-state index contributed by atoms with van der Waals surface area (Å²) in [6.45, 7) is 1.21. The molecule has 0 spiro atoms. The third kappa shape index (κ3) is 1.72. The van der Waals surface area contributed by atoms with E-state index in [1.54, 1.807) is 25.2 Å². The van der Waals surface area contributed by atoms with Crippen LogP contribution in [0.4, 0.5) is 0 Å². The van der Waals surface area contributed by atoms with Gasteiger partial charge >= 0.3 is 6.92 Å². The van der Waals surface area contributed by atoms with E-state index in [1.807, 2.05) is 0 Å². The molecule has 0 fully saturated rings. The van der Waals surface area contributed by atoms with Gasteiger partial charge in [0.25, 0.3) is 0 Å². The highest BCUT2D eigenvalue weighted by Crippen LogP contribution is 1.98. The quantitative estimate of drug-likeness (QED) is 0.475. The van der Waals surface area contributed by atoms with E-state index in [4.69, 9.17) is 16.6 Å². The first-order chi connectivity index (χ1) is 4.70. The highest BCUT2D eigenvalue weighted by molar-refractivity contribution is 6.65. The molecule has 1 aromatic heterocycles. The summed E-state index contributed by atoms with van der Waals surface area (Å²) in [6, 6.07) is 3.38. The van der Waals surface area contributed by atoms with Crippen LogP contribution < -0.4 is 5.46 Å². The van der Waals surface area contributed by atoms with E-state index in [9.17, 15) is 0 Å². The largest absolute Gasteiger partial charge is 0.446 e. The van der Waals surface area contributed by atoms with Crippen LogP contribution in [0.1, 0.15) is 0 Å². The Balaban J connectivity index is 2.96. The Morgan fingerprint density at radius 2 is 2.40 bits per heavy atom. The zero-order chi connectivity index (χ0) is 7.56. The molecule has 0 radical (unpaired) electrons. The number of pyridine rings is 1. The maximum Gasteiger partial charge on any atom is 0.320 e. The Hall–Kier alpha value is -0.535. The third-order valence-electron chi connectivity index (χ3n) is 1.23. The number of hydrogen-bond donors (Lipinski definition) is 1. The average Bonchev–Trinajstić information content (AvgIpc) is 1.88. The zero-order valence-electron chi connectivity index (χ0n) is 5.58. The number of nitrogens with zero attached hydrogens (tertiary/aromatic N) is 1. The van der Waals surface area contributed by atoms with Crippen molar-refractivity contribution in [2.45, 2.75) is 6.82 Å². The molecule has 0 aliphatic rings. The fourth-order valence-electron chi connectivity index (χ4n) is 0.677. The number of hydrogen-bond acceptors (Lipinski definition) is 2. The van der Waals surface area contributed by atoms with Crippen LogP contribution in [0.3, 0.4) is 0 Å². The third-order valence-corrected chi connectivity index (χ3v) is 1.44. The lowest BCUT2D eigenvalue weighted by Gasteiger charge is -1.98. The second-order valence-electron chi connectivity index (χ2n) is 2.09. The van der Waals surface area contributed by atoms with E-state index in [0.717, 1.165) is 5.46 Å². The highest BCUT2D eigenvalue weighted by atomic mass is 35.5. The lowest BCUT2D eigenvalue weighted by molar-refractivity contribution is 0.594. The first-order valence-corrected chi connectivity index (χ1v) is 3.37. The van der Waals surface area contributed by atoms with Gasteiger partial charge in [-0.05, 0) is 17.6 Å². The van der Waals surface area contributed by atoms with Gasteiger partial charge in [0.1, 0.15) is 5.15 Å². The first-order valence-electron chi connectivity index (χ1n) is 2.99. The van der Waals surface area contributed by atoms with E-state index in [0.29, 0.717) is 5.15 Å². The van der Waals surface area contributed by atoms with Crippen molar-refractivity contribution in [2.75, 3.05) is 0 Å². The molecule has 0 aliphatic carbocycles. The van der Waals surface area contributed by atoms with Gasteiger partial charge in [-0.25, -0.2) is 4.98 Å². The molecule has 2 nitrogen and oxygen atoms in total. The smallest absolute Gasteiger partial charge is 0.320 e. The van der Waals surface area contributed by atoms with Crippen LogP contribution >= 0.6 is 11.6 Å². The molecule has 10 heavy (non-hydrogen) atoms. The molecule has 1 aromatic rings. The van der Waals surface area contributed by atoms with Gasteiger partial charge in [0.05, 0.1) is 0 Å². The Kier molecular flexibility index (Phi) is 2.30. The Labute approximate surface area is 65.0 Å². The van der Waals surface area contributed by atoms with E-state index < -0.39 is 6.92 Å². The molecule has 1 heterocycles. The van der Waals surface area contributed by atoms with Gasteiger partial charge in [-0.3, -0.25) is 0 Å². The van der Waals surface area contributed by atoms with Crippen LogP contribution in [0.25, 0.3) is 0 Å². The molecule has 0 amide bonds. The fourth-order valence-corrected chi connectivity index (χ4v) is 0.860. The summed E-state index contributed by atoms with van der Waals surface area (Å²) in [4.78, 5) is 3.78. The molecule has 0 saturated heterocycles. The molecule has 0 saturated carbocycles. The molecule has 0 atom stereocenters. The summed E-state index contributed by atoms with van der Waals surface area (Å²) in [6.07, 6.45) is 1.57. The lowest BCUT2D eigenvalue weighted by Crippen LogP contribution is -2.25. The molecule has 0 aliphatic heterocycles. The standard InChI is InChI=1S/C6H7BClNO/c1-7(10)5-2-3-9-6(8)4-5/h2-4,10H,1H3. The topological polar surface area (TPSA) is 33.1 Å². The van der Waals surface area contributed by atoms with E-state index in [2.05, 4.69) is 4.98 Å². The second kappa shape index (κ2) is 3.04. The monoisotopic (exact) mass is 155 g/mol. The van der Waals surface area contributed by atoms with Crippen molar-refractivity contribution in [3.05, 3.63) is 23.5 Å². The van der Waals surface area contributed by atoms with Crippen LogP contribution in [-0.2, 0) is 0 Å². The Morgan fingerprint density at radius 1 is 1.70 bits per heavy atom. The summed E-state index contributed by atoms with van der Waals surface area (Å²) in [5.74, 6) is 0. The van der Waals surface area contributed by atoms with Crippen LogP contribution in [0, 0.1) is 0 Å². The summed E-state index contributed by atoms with van der Waals surface area (Å²) in [7, 11) is 0. The minimum absolute atomic E-state index is 0.415. The van der Waals surface area contributed by atoms with Crippen molar-refractivity contribution in [1.29, 1.82) is 0 Å². The molecule has 1 rings (SSSR count). The van der Waals surface area contributed by atoms with E-state index in [1.165, 1.54) is 0 Å². The van der Waals surface area contributed by atoms with Crippen LogP contribution in [0.5, 0.6) is 0 Å². The SMILES string of the molecule is CB(O)c1ccnc(Cl)c1. The number of rotatable bonds is 1. The average molecular weight is 155 g/mol. The second-order valence-corrected chi connectivity index (χ2v) is 2.48. The van der Waals surface area contributed by atoms with Gasteiger partial charge < -0.3 is 5.02 Å². The summed E-state index contributed by atoms with van der Waals surface area (Å²) < 4.78 is 0. The predicted molar refractivity (Wildman–Crippen MR) is 42.7 cm³/mol. The molecular formula is C6H7BClNO. The maximum atomic E-state index is 9.06. The molecule has 52 valence electrons. The van der Waals surface area contributed by atoms with E-state index >= 15 is 0 Å². The van der Waals surface area contributed by atoms with Gasteiger partial charge in [-0.2, -0.15) is 0 Å². The van der Waals surface area contributed by atoms with Crippen molar-refractivity contribution in [3.63, 3.8) is 0 Å². The van der Waals surface area contributed by atoms with Crippen molar-refractivity contribution in [3.8, 4) is 0 Å². The van der Waals surface area contributed by atoms with E-state index in [-0.39, 0.29) is 0 Å². The van der Waals surface area contributed by atoms with Gasteiger partial charge in [-0.15, -0.1) is 0 Å². The minimum atomic E-state index is -0.472. The van der Waals surface area contributed by atoms with Crippen LogP contribution in [0.15, 0.2) is 18.3 Å². The molecule has 4 heteroatoms. The van der Waals surface area contributed by atoms with Gasteiger partial charge in [-0.1, -0.05) is 18.4 Å². The summed E-state index contributed by atoms with van der Waals surface area (Å²) in [5, 5.41) is 9.48. The number of aromatic nitrogens is 1. The number of halogens is 1. The van der Waals surface area contributed by atoms with Crippen molar-refractivity contribution in [2.24, 2.45) is 0 Å². The normalized spacial score (nSPS) is 9.50. The van der Waals surface area contributed by atoms with Crippen molar-refractivity contribution < 1.29 is 5.02 Å². The minimum Gasteiger partial charge on any atom is -0.446 e. The van der Waals surface area contributed by atoms with Gasteiger partial charge in [0.2, 0.25) is 0 Å². The zero-order valence-corrected chi connectivity index (χ0v) is 6.34. The molecule has 1 N–H and O–H groups in total. The predicted octanol–water partition coefficient (Wildman–Crippen LogP) is 0.556. The maximum absolute atomic E-state index is 9.06. The highest BCUT2D eigenvalue weighted by Gasteiger charge is 2.05. The Bertz CT molecular complexity index is 229. The fraction of sp³-hybridized carbons (Fsp3) is 0.167. The molecule has 0 unspecified atom stereocenters. The Morgan fingerprint density at radius 3 is 2.80 bits per heavy atom. The summed E-state index contributed by atoms with van der Waals surface area (Å²) >= 11 is 5.57. The molecule has 0 bridgehead atoms. The summed E-state index contributed by atoms with van der Waals surface area (Å²) in [5.41, 5.74) is 0.792.